The van der Waals surface area contributed by atoms with Crippen molar-refractivity contribution in [2.75, 3.05) is 7.11 Å². The molecule has 0 radical (unpaired) electrons. The Morgan fingerprint density at radius 1 is 1.50 bits per heavy atom. The number of hydrogen-bond donors (Lipinski definition) is 0. The summed E-state index contributed by atoms with van der Waals surface area (Å²) in [4.78, 5) is 22.6. The average molecular weight is 225 g/mol. The standard InChI is InChI=1S/C11H15NO4/c1-8(7-10(13)15-3)16-11(14)9-5-4-6-12(9)2/h4-6,8H,7H2,1-3H3/t8-/m1/s1. The predicted octanol–water partition coefficient (Wildman–Crippen LogP) is 1.13. The van der Waals surface area contributed by atoms with Crippen molar-refractivity contribution in [3.63, 3.8) is 0 Å². The number of nitrogens with zero attached hydrogens (tertiary/aromatic N) is 1. The van der Waals surface area contributed by atoms with Crippen LogP contribution < -0.4 is 0 Å². The van der Waals surface area contributed by atoms with Crippen molar-refractivity contribution >= 4 is 11.9 Å². The van der Waals surface area contributed by atoms with Crippen molar-refractivity contribution in [1.29, 1.82) is 0 Å². The molecular weight excluding hydrogens is 210 g/mol. The summed E-state index contributed by atoms with van der Waals surface area (Å²) in [6.07, 6.45) is 1.32. The van der Waals surface area contributed by atoms with E-state index in [9.17, 15) is 9.59 Å². The highest BCUT2D eigenvalue weighted by atomic mass is 16.6. The lowest BCUT2D eigenvalue weighted by Gasteiger charge is -2.12. The van der Waals surface area contributed by atoms with E-state index in [0.717, 1.165) is 0 Å². The summed E-state index contributed by atoms with van der Waals surface area (Å²) < 4.78 is 11.2. The van der Waals surface area contributed by atoms with Gasteiger partial charge in [0.05, 0.1) is 13.5 Å². The molecule has 1 heterocycles. The van der Waals surface area contributed by atoms with Crippen LogP contribution in [0.15, 0.2) is 18.3 Å². The smallest absolute Gasteiger partial charge is 0.355 e. The van der Waals surface area contributed by atoms with E-state index in [1.54, 1.807) is 36.9 Å². The number of carbonyl (C=O) groups is 2. The molecule has 0 unspecified atom stereocenters. The van der Waals surface area contributed by atoms with Crippen LogP contribution >= 0.6 is 0 Å². The Balaban J connectivity index is 2.52. The maximum Gasteiger partial charge on any atom is 0.355 e. The molecule has 0 saturated heterocycles. The molecule has 5 heteroatoms. The van der Waals surface area contributed by atoms with Crippen LogP contribution in [-0.2, 0) is 21.3 Å². The predicted molar refractivity (Wildman–Crippen MR) is 56.9 cm³/mol. The maximum absolute atomic E-state index is 11.6. The fourth-order valence-corrected chi connectivity index (χ4v) is 1.28. The largest absolute Gasteiger partial charge is 0.469 e. The van der Waals surface area contributed by atoms with E-state index in [1.165, 1.54) is 7.11 Å². The number of rotatable bonds is 4. The van der Waals surface area contributed by atoms with E-state index < -0.39 is 18.0 Å². The molecular formula is C11H15NO4. The van der Waals surface area contributed by atoms with Gasteiger partial charge in [-0.2, -0.15) is 0 Å². The zero-order valence-corrected chi connectivity index (χ0v) is 9.60. The first-order valence-electron chi connectivity index (χ1n) is 4.93. The van der Waals surface area contributed by atoms with Gasteiger partial charge in [0.25, 0.3) is 0 Å². The summed E-state index contributed by atoms with van der Waals surface area (Å²) in [5, 5.41) is 0. The van der Waals surface area contributed by atoms with Crippen LogP contribution in [0.5, 0.6) is 0 Å². The van der Waals surface area contributed by atoms with Crippen LogP contribution in [0.2, 0.25) is 0 Å². The number of esters is 2. The second kappa shape index (κ2) is 5.34. The van der Waals surface area contributed by atoms with Gasteiger partial charge in [-0.15, -0.1) is 0 Å². The second-order valence-electron chi connectivity index (χ2n) is 3.50. The van der Waals surface area contributed by atoms with Gasteiger partial charge < -0.3 is 14.0 Å². The van der Waals surface area contributed by atoms with E-state index in [-0.39, 0.29) is 6.42 Å². The molecule has 88 valence electrons. The summed E-state index contributed by atoms with van der Waals surface area (Å²) in [7, 11) is 3.05. The van der Waals surface area contributed by atoms with Crippen molar-refractivity contribution in [1.82, 2.24) is 4.57 Å². The molecule has 0 spiro atoms. The third kappa shape index (κ3) is 3.12. The number of methoxy groups -OCH3 is 1. The fraction of sp³-hybridized carbons (Fsp3) is 0.455. The van der Waals surface area contributed by atoms with Crippen LogP contribution in [0, 0.1) is 0 Å². The Hall–Kier alpha value is -1.78. The van der Waals surface area contributed by atoms with Gasteiger partial charge in [-0.1, -0.05) is 0 Å². The zero-order chi connectivity index (χ0) is 12.1. The van der Waals surface area contributed by atoms with Gasteiger partial charge in [0.2, 0.25) is 0 Å². The second-order valence-corrected chi connectivity index (χ2v) is 3.50. The summed E-state index contributed by atoms with van der Waals surface area (Å²) in [5.41, 5.74) is 0.455. The van der Waals surface area contributed by atoms with E-state index in [2.05, 4.69) is 4.74 Å². The van der Waals surface area contributed by atoms with Gasteiger partial charge in [0.1, 0.15) is 11.8 Å². The van der Waals surface area contributed by atoms with Gasteiger partial charge in [0, 0.05) is 13.2 Å². The summed E-state index contributed by atoms with van der Waals surface area (Å²) >= 11 is 0. The Labute approximate surface area is 94.0 Å². The monoisotopic (exact) mass is 225 g/mol. The van der Waals surface area contributed by atoms with E-state index in [1.807, 2.05) is 0 Å². The van der Waals surface area contributed by atoms with E-state index in [4.69, 9.17) is 4.74 Å². The van der Waals surface area contributed by atoms with Gasteiger partial charge >= 0.3 is 11.9 Å². The molecule has 1 rings (SSSR count). The number of ether oxygens (including phenoxy) is 2. The molecule has 0 fully saturated rings. The summed E-state index contributed by atoms with van der Waals surface area (Å²) in [5.74, 6) is -0.837. The number of aryl methyl sites for hydroxylation is 1. The van der Waals surface area contributed by atoms with Gasteiger partial charge in [0.15, 0.2) is 0 Å². The van der Waals surface area contributed by atoms with Crippen LogP contribution in [0.3, 0.4) is 0 Å². The summed E-state index contributed by atoms with van der Waals surface area (Å²) in [6, 6.07) is 3.41. The van der Waals surface area contributed by atoms with Crippen LogP contribution in [-0.4, -0.2) is 29.7 Å². The average Bonchev–Trinajstić information content (AvgIpc) is 2.63. The molecule has 1 aromatic heterocycles. The molecule has 0 aliphatic carbocycles. The molecule has 0 aromatic carbocycles. The van der Waals surface area contributed by atoms with Gasteiger partial charge in [-0.05, 0) is 19.1 Å². The topological polar surface area (TPSA) is 57.5 Å². The third-order valence-corrected chi connectivity index (χ3v) is 2.14. The number of hydrogen-bond acceptors (Lipinski definition) is 4. The molecule has 0 bridgehead atoms. The molecule has 1 aromatic rings. The molecule has 0 saturated carbocycles. The Bertz CT molecular complexity index is 383. The van der Waals surface area contributed by atoms with Crippen molar-refractivity contribution in [2.24, 2.45) is 7.05 Å². The number of aromatic nitrogens is 1. The number of carbonyl (C=O) groups excluding carboxylic acids is 2. The lowest BCUT2D eigenvalue weighted by molar-refractivity contribution is -0.142. The van der Waals surface area contributed by atoms with Gasteiger partial charge in [-0.3, -0.25) is 4.79 Å². The molecule has 5 nitrogen and oxygen atoms in total. The normalized spacial score (nSPS) is 11.9. The first kappa shape index (κ1) is 12.3. The Morgan fingerprint density at radius 2 is 2.19 bits per heavy atom. The van der Waals surface area contributed by atoms with Crippen molar-refractivity contribution in [2.45, 2.75) is 19.4 Å². The summed E-state index contributed by atoms with van der Waals surface area (Å²) in [6.45, 7) is 1.65. The first-order chi connectivity index (χ1) is 7.54. The molecule has 1 atom stereocenters. The molecule has 0 amide bonds. The van der Waals surface area contributed by atoms with Crippen molar-refractivity contribution in [3.05, 3.63) is 24.0 Å². The van der Waals surface area contributed by atoms with Gasteiger partial charge in [-0.25, -0.2) is 4.79 Å². The first-order valence-corrected chi connectivity index (χ1v) is 4.93. The van der Waals surface area contributed by atoms with Crippen LogP contribution in [0.1, 0.15) is 23.8 Å². The third-order valence-electron chi connectivity index (χ3n) is 2.14. The van der Waals surface area contributed by atoms with E-state index in [0.29, 0.717) is 5.69 Å². The highest BCUT2D eigenvalue weighted by Gasteiger charge is 2.16. The molecule has 0 N–H and O–H groups in total. The lowest BCUT2D eigenvalue weighted by Crippen LogP contribution is -2.20. The highest BCUT2D eigenvalue weighted by Crippen LogP contribution is 2.06. The molecule has 0 aliphatic heterocycles. The van der Waals surface area contributed by atoms with Crippen LogP contribution in [0.4, 0.5) is 0 Å². The van der Waals surface area contributed by atoms with Crippen molar-refractivity contribution in [3.8, 4) is 0 Å². The fourth-order valence-electron chi connectivity index (χ4n) is 1.28. The quantitative estimate of drug-likeness (QED) is 0.721. The lowest BCUT2D eigenvalue weighted by atomic mass is 10.3. The molecule has 16 heavy (non-hydrogen) atoms. The van der Waals surface area contributed by atoms with E-state index >= 15 is 0 Å². The highest BCUT2D eigenvalue weighted by molar-refractivity contribution is 5.88. The Kier molecular flexibility index (Phi) is 4.10. The minimum absolute atomic E-state index is 0.0622. The van der Waals surface area contributed by atoms with Crippen molar-refractivity contribution < 1.29 is 19.1 Å². The maximum atomic E-state index is 11.6. The SMILES string of the molecule is COC(=O)C[C@@H](C)OC(=O)c1cccn1C. The zero-order valence-electron chi connectivity index (χ0n) is 9.60. The minimum Gasteiger partial charge on any atom is -0.469 e. The van der Waals surface area contributed by atoms with Crippen LogP contribution in [0.25, 0.3) is 0 Å². The molecule has 0 aliphatic rings. The minimum atomic E-state index is -0.491. The Morgan fingerprint density at radius 3 is 2.69 bits per heavy atom.